The quantitative estimate of drug-likeness (QED) is 0.624. The van der Waals surface area contributed by atoms with Gasteiger partial charge in [0, 0.05) is 10.7 Å². The van der Waals surface area contributed by atoms with Crippen molar-refractivity contribution in [2.24, 2.45) is 0 Å². The zero-order valence-corrected chi connectivity index (χ0v) is 10.8. The standard InChI is InChI=1S/C13H24N2O/c1-4-6-7-8-9-10-13(3,5-2)12-11-16-15-14-12/h11H,4-10H2,1-3H3. The molecule has 1 unspecified atom stereocenters. The zero-order chi connectivity index (χ0) is 11.9. The highest BCUT2D eigenvalue weighted by Crippen LogP contribution is 2.31. The van der Waals surface area contributed by atoms with Crippen molar-refractivity contribution in [2.45, 2.75) is 71.1 Å². The van der Waals surface area contributed by atoms with Crippen molar-refractivity contribution >= 4 is 0 Å². The Morgan fingerprint density at radius 3 is 2.50 bits per heavy atom. The van der Waals surface area contributed by atoms with Crippen LogP contribution in [0.5, 0.6) is 0 Å². The first-order chi connectivity index (χ1) is 7.73. The molecule has 92 valence electrons. The van der Waals surface area contributed by atoms with Gasteiger partial charge in [0.1, 0.15) is 12.0 Å². The molecule has 0 radical (unpaired) electrons. The van der Waals surface area contributed by atoms with Crippen LogP contribution >= 0.6 is 0 Å². The Hall–Kier alpha value is -0.860. The van der Waals surface area contributed by atoms with Gasteiger partial charge in [0.25, 0.3) is 0 Å². The number of unbranched alkanes of at least 4 members (excludes halogenated alkanes) is 4. The van der Waals surface area contributed by atoms with Gasteiger partial charge in [-0.05, 0) is 12.8 Å². The largest absolute Gasteiger partial charge is 0.345 e. The van der Waals surface area contributed by atoms with Gasteiger partial charge < -0.3 is 4.52 Å². The summed E-state index contributed by atoms with van der Waals surface area (Å²) in [5, 5.41) is 7.63. The fourth-order valence-electron chi connectivity index (χ4n) is 2.03. The Bertz CT molecular complexity index is 271. The number of aromatic nitrogens is 2. The van der Waals surface area contributed by atoms with E-state index in [4.69, 9.17) is 4.52 Å². The van der Waals surface area contributed by atoms with Gasteiger partial charge in [0.05, 0.1) is 0 Å². The first kappa shape index (κ1) is 13.2. The molecule has 1 aromatic heterocycles. The molecule has 0 saturated carbocycles. The van der Waals surface area contributed by atoms with Crippen molar-refractivity contribution < 1.29 is 4.52 Å². The minimum Gasteiger partial charge on any atom is -0.345 e. The number of hydrogen-bond donors (Lipinski definition) is 0. The molecule has 1 aromatic rings. The molecule has 3 nitrogen and oxygen atoms in total. The summed E-state index contributed by atoms with van der Waals surface area (Å²) in [6, 6.07) is 0. The molecule has 0 bridgehead atoms. The molecular weight excluding hydrogens is 200 g/mol. The summed E-state index contributed by atoms with van der Waals surface area (Å²) >= 11 is 0. The highest BCUT2D eigenvalue weighted by Gasteiger charge is 2.27. The Kier molecular flexibility index (Phi) is 5.50. The maximum absolute atomic E-state index is 4.85. The monoisotopic (exact) mass is 224 g/mol. The molecule has 1 rings (SSSR count). The summed E-state index contributed by atoms with van der Waals surface area (Å²) in [6.45, 7) is 6.71. The van der Waals surface area contributed by atoms with E-state index >= 15 is 0 Å². The average Bonchev–Trinajstić information content (AvgIpc) is 2.82. The lowest BCUT2D eigenvalue weighted by Crippen LogP contribution is -2.21. The van der Waals surface area contributed by atoms with Crippen LogP contribution in [0, 0.1) is 0 Å². The Balaban J connectivity index is 2.36. The summed E-state index contributed by atoms with van der Waals surface area (Å²) in [5.74, 6) is 0. The van der Waals surface area contributed by atoms with Gasteiger partial charge in [-0.2, -0.15) is 0 Å². The van der Waals surface area contributed by atoms with Crippen LogP contribution in [0.3, 0.4) is 0 Å². The molecule has 0 N–H and O–H groups in total. The molecule has 0 fully saturated rings. The summed E-state index contributed by atoms with van der Waals surface area (Å²) in [4.78, 5) is 0. The average molecular weight is 224 g/mol. The third kappa shape index (κ3) is 3.62. The van der Waals surface area contributed by atoms with Crippen LogP contribution in [-0.2, 0) is 5.41 Å². The molecule has 0 spiro atoms. The van der Waals surface area contributed by atoms with E-state index in [0.717, 1.165) is 12.1 Å². The Morgan fingerprint density at radius 2 is 1.94 bits per heavy atom. The normalized spacial score (nSPS) is 14.9. The molecule has 0 aliphatic heterocycles. The summed E-state index contributed by atoms with van der Waals surface area (Å²) in [7, 11) is 0. The van der Waals surface area contributed by atoms with E-state index in [-0.39, 0.29) is 5.41 Å². The molecule has 0 amide bonds. The van der Waals surface area contributed by atoms with E-state index in [0.29, 0.717) is 0 Å². The van der Waals surface area contributed by atoms with Gasteiger partial charge in [-0.15, -0.1) is 5.10 Å². The van der Waals surface area contributed by atoms with Gasteiger partial charge in [-0.1, -0.05) is 52.9 Å². The zero-order valence-electron chi connectivity index (χ0n) is 10.8. The number of nitrogens with zero attached hydrogens (tertiary/aromatic N) is 2. The van der Waals surface area contributed by atoms with Crippen molar-refractivity contribution in [1.82, 2.24) is 10.4 Å². The molecule has 0 saturated heterocycles. The van der Waals surface area contributed by atoms with E-state index in [2.05, 4.69) is 31.1 Å². The Labute approximate surface area is 98.6 Å². The van der Waals surface area contributed by atoms with Crippen LogP contribution in [0.15, 0.2) is 10.8 Å². The van der Waals surface area contributed by atoms with Crippen molar-refractivity contribution in [3.63, 3.8) is 0 Å². The lowest BCUT2D eigenvalue weighted by molar-refractivity contribution is 0.383. The van der Waals surface area contributed by atoms with Gasteiger partial charge in [-0.3, -0.25) is 0 Å². The molecular formula is C13H24N2O. The maximum atomic E-state index is 4.85. The van der Waals surface area contributed by atoms with Crippen molar-refractivity contribution in [3.05, 3.63) is 12.0 Å². The molecule has 16 heavy (non-hydrogen) atoms. The van der Waals surface area contributed by atoms with Crippen molar-refractivity contribution in [1.29, 1.82) is 0 Å². The van der Waals surface area contributed by atoms with Crippen molar-refractivity contribution in [2.75, 3.05) is 0 Å². The van der Waals surface area contributed by atoms with E-state index in [9.17, 15) is 0 Å². The molecule has 0 aliphatic rings. The highest BCUT2D eigenvalue weighted by molar-refractivity contribution is 5.07. The van der Waals surface area contributed by atoms with Gasteiger partial charge in [0.15, 0.2) is 0 Å². The first-order valence-electron chi connectivity index (χ1n) is 6.50. The smallest absolute Gasteiger partial charge is 0.148 e. The van der Waals surface area contributed by atoms with Gasteiger partial charge in [0.2, 0.25) is 0 Å². The second-order valence-electron chi connectivity index (χ2n) is 4.87. The van der Waals surface area contributed by atoms with E-state index in [1.165, 1.54) is 38.5 Å². The minimum atomic E-state index is 0.145. The maximum Gasteiger partial charge on any atom is 0.148 e. The Morgan fingerprint density at radius 1 is 1.19 bits per heavy atom. The summed E-state index contributed by atoms with van der Waals surface area (Å²) in [5.41, 5.74) is 1.15. The minimum absolute atomic E-state index is 0.145. The molecule has 3 heteroatoms. The van der Waals surface area contributed by atoms with Crippen LogP contribution in [-0.4, -0.2) is 10.4 Å². The van der Waals surface area contributed by atoms with Crippen LogP contribution < -0.4 is 0 Å². The second kappa shape index (κ2) is 6.66. The van der Waals surface area contributed by atoms with Gasteiger partial charge in [-0.25, -0.2) is 0 Å². The highest BCUT2D eigenvalue weighted by atomic mass is 16.5. The lowest BCUT2D eigenvalue weighted by atomic mass is 9.79. The first-order valence-corrected chi connectivity index (χ1v) is 6.50. The van der Waals surface area contributed by atoms with Crippen LogP contribution in [0.4, 0.5) is 0 Å². The van der Waals surface area contributed by atoms with E-state index in [1.807, 2.05) is 0 Å². The SMILES string of the molecule is CCCCCCCC(C)(CC)c1conn1. The summed E-state index contributed by atoms with van der Waals surface area (Å²) < 4.78 is 4.85. The number of rotatable bonds is 8. The van der Waals surface area contributed by atoms with Crippen LogP contribution in [0.1, 0.15) is 71.4 Å². The summed E-state index contributed by atoms with van der Waals surface area (Å²) in [6.07, 6.45) is 10.6. The lowest BCUT2D eigenvalue weighted by Gasteiger charge is -2.24. The fraction of sp³-hybridized carbons (Fsp3) is 0.846. The van der Waals surface area contributed by atoms with E-state index in [1.54, 1.807) is 6.26 Å². The van der Waals surface area contributed by atoms with Crippen LogP contribution in [0.25, 0.3) is 0 Å². The second-order valence-corrected chi connectivity index (χ2v) is 4.87. The molecule has 0 aromatic carbocycles. The molecule has 1 atom stereocenters. The topological polar surface area (TPSA) is 38.9 Å². The third-order valence-corrected chi connectivity index (χ3v) is 3.59. The predicted octanol–water partition coefficient (Wildman–Crippen LogP) is 4.10. The predicted molar refractivity (Wildman–Crippen MR) is 65.3 cm³/mol. The fourth-order valence-corrected chi connectivity index (χ4v) is 2.03. The van der Waals surface area contributed by atoms with Gasteiger partial charge >= 0.3 is 0 Å². The van der Waals surface area contributed by atoms with Crippen LogP contribution in [0.2, 0.25) is 0 Å². The van der Waals surface area contributed by atoms with E-state index < -0.39 is 0 Å². The molecule has 0 aliphatic carbocycles. The third-order valence-electron chi connectivity index (χ3n) is 3.59. The van der Waals surface area contributed by atoms with Crippen molar-refractivity contribution in [3.8, 4) is 0 Å². The number of hydrogen-bond acceptors (Lipinski definition) is 3. The molecule has 1 heterocycles.